The summed E-state index contributed by atoms with van der Waals surface area (Å²) in [5, 5.41) is 3.28. The van der Waals surface area contributed by atoms with Crippen LogP contribution in [0, 0.1) is 5.82 Å². The Balaban J connectivity index is 2.18. The van der Waals surface area contributed by atoms with Crippen LogP contribution in [0.4, 0.5) is 10.1 Å². The maximum Gasteiger partial charge on any atom is 0.125 e. The lowest BCUT2D eigenvalue weighted by Crippen LogP contribution is -2.08. The Labute approximate surface area is 124 Å². The standard InChI is InChI=1S/C17H20FNO2/c1-12(19-16-6-4-5-15(18)10-16)13-7-8-17(21-3)14(9-13)11-20-2/h4-10,12,19H,11H2,1-3H3. The molecule has 1 unspecified atom stereocenters. The van der Waals surface area contributed by atoms with Crippen LogP contribution in [0.3, 0.4) is 0 Å². The Hall–Kier alpha value is -2.07. The van der Waals surface area contributed by atoms with Gasteiger partial charge in [-0.1, -0.05) is 12.1 Å². The highest BCUT2D eigenvalue weighted by Crippen LogP contribution is 2.26. The summed E-state index contributed by atoms with van der Waals surface area (Å²) in [7, 11) is 3.29. The van der Waals surface area contributed by atoms with Gasteiger partial charge in [-0.25, -0.2) is 4.39 Å². The van der Waals surface area contributed by atoms with Crippen LogP contribution in [0.5, 0.6) is 5.75 Å². The third-order valence-electron chi connectivity index (χ3n) is 3.31. The minimum absolute atomic E-state index is 0.0494. The molecule has 0 aliphatic rings. The van der Waals surface area contributed by atoms with Crippen molar-refractivity contribution in [2.75, 3.05) is 19.5 Å². The van der Waals surface area contributed by atoms with Gasteiger partial charge in [-0.3, -0.25) is 0 Å². The Kier molecular flexibility index (Phi) is 5.17. The van der Waals surface area contributed by atoms with Crippen LogP contribution in [0.15, 0.2) is 42.5 Å². The van der Waals surface area contributed by atoms with Gasteiger partial charge in [-0.15, -0.1) is 0 Å². The monoisotopic (exact) mass is 289 g/mol. The molecule has 0 aliphatic heterocycles. The second-order valence-corrected chi connectivity index (χ2v) is 4.88. The predicted octanol–water partition coefficient (Wildman–Crippen LogP) is 4.15. The van der Waals surface area contributed by atoms with Crippen LogP contribution in [0.25, 0.3) is 0 Å². The van der Waals surface area contributed by atoms with Crippen molar-refractivity contribution in [2.45, 2.75) is 19.6 Å². The average molecular weight is 289 g/mol. The van der Waals surface area contributed by atoms with E-state index in [0.29, 0.717) is 6.61 Å². The van der Waals surface area contributed by atoms with Crippen molar-refractivity contribution in [3.05, 3.63) is 59.4 Å². The molecule has 0 amide bonds. The lowest BCUT2D eigenvalue weighted by molar-refractivity contribution is 0.181. The van der Waals surface area contributed by atoms with E-state index in [1.165, 1.54) is 12.1 Å². The molecular formula is C17H20FNO2. The van der Waals surface area contributed by atoms with Crippen molar-refractivity contribution in [2.24, 2.45) is 0 Å². The first-order chi connectivity index (χ1) is 10.1. The van der Waals surface area contributed by atoms with Crippen molar-refractivity contribution < 1.29 is 13.9 Å². The van der Waals surface area contributed by atoms with E-state index in [4.69, 9.17) is 9.47 Å². The Morgan fingerprint density at radius 1 is 1.14 bits per heavy atom. The first-order valence-corrected chi connectivity index (χ1v) is 6.82. The first kappa shape index (κ1) is 15.3. The van der Waals surface area contributed by atoms with Gasteiger partial charge in [0, 0.05) is 24.4 Å². The summed E-state index contributed by atoms with van der Waals surface area (Å²) in [6.07, 6.45) is 0. The lowest BCUT2D eigenvalue weighted by atomic mass is 10.0. The molecule has 0 fully saturated rings. The van der Waals surface area contributed by atoms with Gasteiger partial charge in [0.15, 0.2) is 0 Å². The molecule has 0 heterocycles. The number of nitrogens with one attached hydrogen (secondary N) is 1. The molecule has 0 saturated heterocycles. The minimum atomic E-state index is -0.248. The highest BCUT2D eigenvalue weighted by Gasteiger charge is 2.10. The topological polar surface area (TPSA) is 30.5 Å². The van der Waals surface area contributed by atoms with Crippen molar-refractivity contribution in [3.8, 4) is 5.75 Å². The molecular weight excluding hydrogens is 269 g/mol. The summed E-state index contributed by atoms with van der Waals surface area (Å²) in [4.78, 5) is 0. The van der Waals surface area contributed by atoms with Crippen LogP contribution in [0.1, 0.15) is 24.1 Å². The van der Waals surface area contributed by atoms with Crippen LogP contribution in [-0.4, -0.2) is 14.2 Å². The molecule has 21 heavy (non-hydrogen) atoms. The maximum atomic E-state index is 13.2. The van der Waals surface area contributed by atoms with Crippen molar-refractivity contribution >= 4 is 5.69 Å². The second-order valence-electron chi connectivity index (χ2n) is 4.88. The number of benzene rings is 2. The van der Waals surface area contributed by atoms with E-state index in [2.05, 4.69) is 5.32 Å². The lowest BCUT2D eigenvalue weighted by Gasteiger charge is -2.18. The molecule has 2 aromatic rings. The summed E-state index contributed by atoms with van der Waals surface area (Å²) >= 11 is 0. The Morgan fingerprint density at radius 3 is 2.62 bits per heavy atom. The molecule has 4 heteroatoms. The number of hydrogen-bond acceptors (Lipinski definition) is 3. The zero-order valence-corrected chi connectivity index (χ0v) is 12.5. The molecule has 0 radical (unpaired) electrons. The number of methoxy groups -OCH3 is 2. The molecule has 2 rings (SSSR count). The number of anilines is 1. The molecule has 0 aliphatic carbocycles. The van der Waals surface area contributed by atoms with Crippen LogP contribution >= 0.6 is 0 Å². The summed E-state index contributed by atoms with van der Waals surface area (Å²) < 4.78 is 23.7. The Morgan fingerprint density at radius 2 is 1.95 bits per heavy atom. The van der Waals surface area contributed by atoms with Gasteiger partial charge in [0.25, 0.3) is 0 Å². The molecule has 1 N–H and O–H groups in total. The molecule has 0 spiro atoms. The third kappa shape index (κ3) is 3.95. The zero-order chi connectivity index (χ0) is 15.2. The SMILES string of the molecule is COCc1cc(C(C)Nc2cccc(F)c2)ccc1OC. The number of halogens is 1. The van der Waals surface area contributed by atoms with Gasteiger partial charge in [0.05, 0.1) is 13.7 Å². The largest absolute Gasteiger partial charge is 0.496 e. The quantitative estimate of drug-likeness (QED) is 0.866. The van der Waals surface area contributed by atoms with E-state index in [1.807, 2.05) is 31.2 Å². The van der Waals surface area contributed by atoms with Crippen LogP contribution in [0.2, 0.25) is 0 Å². The fourth-order valence-corrected chi connectivity index (χ4v) is 2.25. The van der Waals surface area contributed by atoms with E-state index in [-0.39, 0.29) is 11.9 Å². The third-order valence-corrected chi connectivity index (χ3v) is 3.31. The fourth-order valence-electron chi connectivity index (χ4n) is 2.25. The molecule has 2 aromatic carbocycles. The van der Waals surface area contributed by atoms with Crippen molar-refractivity contribution in [1.29, 1.82) is 0 Å². The number of rotatable bonds is 6. The van der Waals surface area contributed by atoms with Gasteiger partial charge in [0.1, 0.15) is 11.6 Å². The number of ether oxygens (including phenoxy) is 2. The summed E-state index contributed by atoms with van der Waals surface area (Å²) in [5.41, 5.74) is 2.84. The highest BCUT2D eigenvalue weighted by molar-refractivity contribution is 5.47. The fraction of sp³-hybridized carbons (Fsp3) is 0.294. The molecule has 0 saturated carbocycles. The van der Waals surface area contributed by atoms with Crippen molar-refractivity contribution in [1.82, 2.24) is 0 Å². The van der Waals surface area contributed by atoms with E-state index < -0.39 is 0 Å². The minimum Gasteiger partial charge on any atom is -0.496 e. The molecule has 3 nitrogen and oxygen atoms in total. The first-order valence-electron chi connectivity index (χ1n) is 6.82. The smallest absolute Gasteiger partial charge is 0.125 e. The Bertz CT molecular complexity index is 601. The van der Waals surface area contributed by atoms with Gasteiger partial charge >= 0.3 is 0 Å². The van der Waals surface area contributed by atoms with Crippen LogP contribution < -0.4 is 10.1 Å². The average Bonchev–Trinajstić information content (AvgIpc) is 2.47. The molecule has 112 valence electrons. The van der Waals surface area contributed by atoms with E-state index >= 15 is 0 Å². The normalized spacial score (nSPS) is 12.0. The van der Waals surface area contributed by atoms with Gasteiger partial charge < -0.3 is 14.8 Å². The van der Waals surface area contributed by atoms with Gasteiger partial charge in [0.2, 0.25) is 0 Å². The predicted molar refractivity (Wildman–Crippen MR) is 82.1 cm³/mol. The highest BCUT2D eigenvalue weighted by atomic mass is 19.1. The van der Waals surface area contributed by atoms with Gasteiger partial charge in [-0.05, 0) is 42.8 Å². The van der Waals surface area contributed by atoms with Crippen LogP contribution in [-0.2, 0) is 11.3 Å². The van der Waals surface area contributed by atoms with E-state index in [0.717, 1.165) is 22.6 Å². The van der Waals surface area contributed by atoms with E-state index in [9.17, 15) is 4.39 Å². The summed E-state index contributed by atoms with van der Waals surface area (Å²) in [5.74, 6) is 0.556. The van der Waals surface area contributed by atoms with Crippen molar-refractivity contribution in [3.63, 3.8) is 0 Å². The zero-order valence-electron chi connectivity index (χ0n) is 12.5. The summed E-state index contributed by atoms with van der Waals surface area (Å²) in [6, 6.07) is 12.5. The molecule has 1 atom stereocenters. The molecule has 0 bridgehead atoms. The van der Waals surface area contributed by atoms with Gasteiger partial charge in [-0.2, -0.15) is 0 Å². The maximum absolute atomic E-state index is 13.2. The van der Waals surface area contributed by atoms with E-state index in [1.54, 1.807) is 20.3 Å². The summed E-state index contributed by atoms with van der Waals surface area (Å²) in [6.45, 7) is 2.52. The number of hydrogen-bond donors (Lipinski definition) is 1. The second kappa shape index (κ2) is 7.09. The molecule has 0 aromatic heterocycles.